The minimum atomic E-state index is -0.384. The Morgan fingerprint density at radius 1 is 1.41 bits per heavy atom. The van der Waals surface area contributed by atoms with Crippen molar-refractivity contribution in [2.75, 3.05) is 13.2 Å². The van der Waals surface area contributed by atoms with Gasteiger partial charge in [-0.2, -0.15) is 0 Å². The average Bonchev–Trinajstić information content (AvgIpc) is 3.13. The van der Waals surface area contributed by atoms with Crippen molar-refractivity contribution >= 4 is 11.9 Å². The molecule has 0 radical (unpaired) electrons. The predicted molar refractivity (Wildman–Crippen MR) is 64.1 cm³/mol. The smallest absolute Gasteiger partial charge is 0.330 e. The lowest BCUT2D eigenvalue weighted by atomic mass is 10.5. The molecule has 1 heterocycles. The molecular weight excluding hydrogens is 224 g/mol. The van der Waals surface area contributed by atoms with E-state index < -0.39 is 0 Å². The van der Waals surface area contributed by atoms with Gasteiger partial charge in [0.25, 0.3) is 0 Å². The molecule has 0 amide bonds. The fraction of sp³-hybridized carbons (Fsp3) is 0.333. The normalized spacial score (nSPS) is 14.8. The standard InChI is InChI=1S/C6H8O3.C4H6O2.C2H4/c1-2-6(7)9-4-5-3-8-5;1-3-6-4(2)5;1-2/h2,5H,1,3-4H2;3H,1H2,2H3;1-2H2. The molecule has 0 N–H and O–H groups in total. The third-order valence-corrected chi connectivity index (χ3v) is 1.23. The van der Waals surface area contributed by atoms with Gasteiger partial charge in [-0.1, -0.05) is 13.2 Å². The summed E-state index contributed by atoms with van der Waals surface area (Å²) in [6.45, 7) is 14.8. The van der Waals surface area contributed by atoms with Gasteiger partial charge in [0.1, 0.15) is 12.7 Å². The molecule has 96 valence electrons. The highest BCUT2D eigenvalue weighted by Crippen LogP contribution is 2.08. The lowest BCUT2D eigenvalue weighted by molar-refractivity contribution is -0.138. The van der Waals surface area contributed by atoms with Crippen LogP contribution in [0.5, 0.6) is 0 Å². The maximum atomic E-state index is 10.3. The predicted octanol–water partition coefficient (Wildman–Crippen LogP) is 1.61. The van der Waals surface area contributed by atoms with E-state index in [0.29, 0.717) is 13.2 Å². The van der Waals surface area contributed by atoms with Crippen molar-refractivity contribution in [2.45, 2.75) is 13.0 Å². The van der Waals surface area contributed by atoms with E-state index in [1.165, 1.54) is 6.92 Å². The lowest BCUT2D eigenvalue weighted by Crippen LogP contribution is -2.06. The van der Waals surface area contributed by atoms with Gasteiger partial charge in [0.05, 0.1) is 12.9 Å². The summed E-state index contributed by atoms with van der Waals surface area (Å²) in [5, 5.41) is 0. The van der Waals surface area contributed by atoms with Gasteiger partial charge < -0.3 is 14.2 Å². The molecule has 1 unspecified atom stereocenters. The number of esters is 2. The van der Waals surface area contributed by atoms with Crippen LogP contribution >= 0.6 is 0 Å². The molecule has 17 heavy (non-hydrogen) atoms. The van der Waals surface area contributed by atoms with Crippen molar-refractivity contribution in [2.24, 2.45) is 0 Å². The molecule has 1 aliphatic rings. The van der Waals surface area contributed by atoms with Crippen LogP contribution in [0.25, 0.3) is 0 Å². The van der Waals surface area contributed by atoms with Gasteiger partial charge in [-0.25, -0.2) is 4.79 Å². The Hall–Kier alpha value is -1.88. The molecule has 0 aromatic carbocycles. The Kier molecular flexibility index (Phi) is 12.6. The first kappa shape index (κ1) is 17.5. The molecule has 1 saturated heterocycles. The Morgan fingerprint density at radius 2 is 1.94 bits per heavy atom. The zero-order valence-corrected chi connectivity index (χ0v) is 10.0. The largest absolute Gasteiger partial charge is 0.460 e. The van der Waals surface area contributed by atoms with E-state index in [0.717, 1.165) is 12.3 Å². The van der Waals surface area contributed by atoms with E-state index in [1.54, 1.807) is 0 Å². The van der Waals surface area contributed by atoms with Gasteiger partial charge in [0.15, 0.2) is 0 Å². The minimum Gasteiger partial charge on any atom is -0.460 e. The van der Waals surface area contributed by atoms with Crippen molar-refractivity contribution in [3.05, 3.63) is 38.7 Å². The first-order valence-corrected chi connectivity index (χ1v) is 4.79. The quantitative estimate of drug-likeness (QED) is 0.246. The highest BCUT2D eigenvalue weighted by Gasteiger charge is 2.23. The Labute approximate surface area is 101 Å². The molecule has 1 fully saturated rings. The fourth-order valence-corrected chi connectivity index (χ4v) is 0.516. The van der Waals surface area contributed by atoms with Crippen LogP contribution in [0.2, 0.25) is 0 Å². The van der Waals surface area contributed by atoms with Crippen LogP contribution < -0.4 is 0 Å². The van der Waals surface area contributed by atoms with Gasteiger partial charge in [-0.3, -0.25) is 4.79 Å². The van der Waals surface area contributed by atoms with E-state index in [-0.39, 0.29) is 18.0 Å². The monoisotopic (exact) mass is 242 g/mol. The van der Waals surface area contributed by atoms with Crippen molar-refractivity contribution < 1.29 is 23.8 Å². The third-order valence-electron chi connectivity index (χ3n) is 1.23. The first-order chi connectivity index (χ1) is 8.10. The summed E-state index contributed by atoms with van der Waals surface area (Å²) in [6.07, 6.45) is 2.39. The second-order valence-corrected chi connectivity index (χ2v) is 2.57. The summed E-state index contributed by atoms with van der Waals surface area (Å²) in [7, 11) is 0. The van der Waals surface area contributed by atoms with Gasteiger partial charge >= 0.3 is 11.9 Å². The number of hydrogen-bond donors (Lipinski definition) is 0. The Balaban J connectivity index is 0. The molecule has 0 aromatic rings. The van der Waals surface area contributed by atoms with E-state index in [2.05, 4.69) is 35.8 Å². The molecule has 0 saturated carbocycles. The van der Waals surface area contributed by atoms with Crippen molar-refractivity contribution in [1.82, 2.24) is 0 Å². The molecule has 0 bridgehead atoms. The Bertz CT molecular complexity index is 256. The zero-order chi connectivity index (χ0) is 13.7. The van der Waals surface area contributed by atoms with E-state index >= 15 is 0 Å². The average molecular weight is 242 g/mol. The van der Waals surface area contributed by atoms with Crippen LogP contribution in [0.3, 0.4) is 0 Å². The van der Waals surface area contributed by atoms with Gasteiger partial charge in [0.2, 0.25) is 0 Å². The van der Waals surface area contributed by atoms with Crippen LogP contribution in [0.15, 0.2) is 38.7 Å². The molecule has 1 rings (SSSR count). The number of epoxide rings is 1. The summed E-state index contributed by atoms with van der Waals surface area (Å²) in [4.78, 5) is 20.1. The second kappa shape index (κ2) is 12.2. The van der Waals surface area contributed by atoms with E-state index in [4.69, 9.17) is 4.74 Å². The summed E-state index contributed by atoms with van der Waals surface area (Å²) in [5.41, 5.74) is 0. The minimum absolute atomic E-state index is 0.147. The highest BCUT2D eigenvalue weighted by molar-refractivity contribution is 5.81. The number of carbonyl (C=O) groups excluding carboxylic acids is 2. The van der Waals surface area contributed by atoms with Crippen molar-refractivity contribution in [3.8, 4) is 0 Å². The maximum absolute atomic E-state index is 10.3. The van der Waals surface area contributed by atoms with Gasteiger partial charge in [-0.15, -0.1) is 13.2 Å². The van der Waals surface area contributed by atoms with Gasteiger partial charge in [-0.05, 0) is 0 Å². The van der Waals surface area contributed by atoms with E-state index in [1.807, 2.05) is 0 Å². The first-order valence-electron chi connectivity index (χ1n) is 4.79. The molecule has 1 atom stereocenters. The summed E-state index contributed by atoms with van der Waals surface area (Å²) < 4.78 is 13.6. The van der Waals surface area contributed by atoms with Crippen LogP contribution in [0, 0.1) is 0 Å². The fourth-order valence-electron chi connectivity index (χ4n) is 0.516. The molecular formula is C12H18O5. The molecule has 0 spiro atoms. The summed E-state index contributed by atoms with van der Waals surface area (Å²) in [5.74, 6) is -0.712. The number of rotatable bonds is 4. The second-order valence-electron chi connectivity index (χ2n) is 2.57. The van der Waals surface area contributed by atoms with Crippen molar-refractivity contribution in [1.29, 1.82) is 0 Å². The topological polar surface area (TPSA) is 65.1 Å². The summed E-state index contributed by atoms with van der Waals surface area (Å²) >= 11 is 0. The maximum Gasteiger partial charge on any atom is 0.330 e. The zero-order valence-electron chi connectivity index (χ0n) is 10.0. The number of ether oxygens (including phenoxy) is 3. The molecule has 0 aliphatic carbocycles. The van der Waals surface area contributed by atoms with Gasteiger partial charge in [0, 0.05) is 13.0 Å². The number of hydrogen-bond acceptors (Lipinski definition) is 5. The molecule has 5 nitrogen and oxygen atoms in total. The highest BCUT2D eigenvalue weighted by atomic mass is 16.6. The molecule has 0 aromatic heterocycles. The molecule has 1 aliphatic heterocycles. The lowest BCUT2D eigenvalue weighted by Gasteiger charge is -1.94. The van der Waals surface area contributed by atoms with Crippen LogP contribution in [0.1, 0.15) is 6.92 Å². The number of carbonyl (C=O) groups is 2. The Morgan fingerprint density at radius 3 is 2.18 bits per heavy atom. The van der Waals surface area contributed by atoms with Crippen LogP contribution in [-0.4, -0.2) is 31.3 Å². The van der Waals surface area contributed by atoms with Crippen molar-refractivity contribution in [3.63, 3.8) is 0 Å². The van der Waals surface area contributed by atoms with Crippen LogP contribution in [0.4, 0.5) is 0 Å². The van der Waals surface area contributed by atoms with E-state index in [9.17, 15) is 9.59 Å². The third kappa shape index (κ3) is 16.8. The van der Waals surface area contributed by atoms with Crippen LogP contribution in [-0.2, 0) is 23.8 Å². The summed E-state index contributed by atoms with van der Waals surface area (Å²) in [6, 6.07) is 0. The molecule has 5 heteroatoms. The SMILES string of the molecule is C=C.C=CC(=O)OCC1CO1.C=COC(C)=O.